The average molecular weight is 457 g/mol. The molecule has 2 heterocycles. The molecule has 1 aromatic heterocycles. The monoisotopic (exact) mass is 457 g/mol. The molecule has 2 fully saturated rings. The van der Waals surface area contributed by atoms with E-state index in [1.807, 2.05) is 0 Å². The van der Waals surface area contributed by atoms with Crippen LogP contribution < -0.4 is 0 Å². The summed E-state index contributed by atoms with van der Waals surface area (Å²) in [5.74, 6) is -1.22. The first kappa shape index (κ1) is 21.7. The van der Waals surface area contributed by atoms with Crippen LogP contribution in [0.1, 0.15) is 16.6 Å². The van der Waals surface area contributed by atoms with E-state index in [-0.39, 0.29) is 0 Å². The quantitative estimate of drug-likeness (QED) is 0.353. The fourth-order valence-electron chi connectivity index (χ4n) is 4.55. The lowest BCUT2D eigenvalue weighted by molar-refractivity contribution is -0.505. The second-order valence-corrected chi connectivity index (χ2v) is 8.64. The summed E-state index contributed by atoms with van der Waals surface area (Å²) in [4.78, 5) is 24.0. The molecule has 0 bridgehead atoms. The summed E-state index contributed by atoms with van der Waals surface area (Å²) in [5, 5.41) is 11.1. The largest absolute Gasteiger partial charge is 0.468 e. The van der Waals surface area contributed by atoms with Crippen molar-refractivity contribution in [3.63, 3.8) is 0 Å². The number of alkyl halides is 3. The summed E-state index contributed by atoms with van der Waals surface area (Å²) in [6, 6.07) is 8.68. The molecule has 1 saturated heterocycles. The highest BCUT2D eigenvalue weighted by molar-refractivity contribution is 7.99. The van der Waals surface area contributed by atoms with Gasteiger partial charge in [-0.25, -0.2) is 4.79 Å². The normalized spacial score (nSPS) is 29.1. The average Bonchev–Trinajstić information content (AvgIpc) is 3.04. The molecule has 1 aliphatic carbocycles. The first-order chi connectivity index (χ1) is 14.7. The van der Waals surface area contributed by atoms with Gasteiger partial charge in [-0.05, 0) is 12.1 Å². The van der Waals surface area contributed by atoms with Gasteiger partial charge in [0.1, 0.15) is 17.8 Å². The van der Waals surface area contributed by atoms with Gasteiger partial charge >= 0.3 is 12.1 Å². The van der Waals surface area contributed by atoms with Crippen LogP contribution in [0.3, 0.4) is 0 Å². The topological polar surface area (TPSA) is 91.8 Å². The van der Waals surface area contributed by atoms with Gasteiger partial charge in [0.15, 0.2) is 0 Å². The lowest BCUT2D eigenvalue weighted by Crippen LogP contribution is -2.52. The number of rotatable bonds is 7. The van der Waals surface area contributed by atoms with Crippen LogP contribution in [0.2, 0.25) is 0 Å². The number of hydrogen-bond donors (Lipinski definition) is 0. The van der Waals surface area contributed by atoms with Crippen LogP contribution in [0, 0.1) is 21.4 Å². The third kappa shape index (κ3) is 3.13. The Morgan fingerprint density at radius 2 is 2.00 bits per heavy atom. The van der Waals surface area contributed by atoms with Crippen molar-refractivity contribution in [2.24, 2.45) is 11.3 Å². The van der Waals surface area contributed by atoms with Crippen molar-refractivity contribution in [2.75, 3.05) is 19.5 Å². The minimum absolute atomic E-state index is 0.419. The second-order valence-electron chi connectivity index (χ2n) is 7.50. The molecule has 31 heavy (non-hydrogen) atoms. The number of ether oxygens (including phenoxy) is 2. The molecule has 0 amide bonds. The molecule has 0 spiro atoms. The highest BCUT2D eigenvalue weighted by Gasteiger charge is 2.81. The molecule has 1 aliphatic heterocycles. The predicted molar refractivity (Wildman–Crippen MR) is 103 cm³/mol. The van der Waals surface area contributed by atoms with E-state index in [0.717, 1.165) is 19.2 Å². The Labute approximate surface area is 179 Å². The third-order valence-electron chi connectivity index (χ3n) is 6.10. The number of nitrogens with zero attached hydrogens (tertiary/aromatic N) is 1. The smallest absolute Gasteiger partial charge is 0.432 e. The van der Waals surface area contributed by atoms with Gasteiger partial charge in [-0.2, -0.15) is 13.2 Å². The maximum absolute atomic E-state index is 14.1. The van der Waals surface area contributed by atoms with E-state index in [9.17, 15) is 28.1 Å². The van der Waals surface area contributed by atoms with Crippen LogP contribution in [0.25, 0.3) is 0 Å². The number of fused-ring (bicyclic) bond motifs is 1. The second kappa shape index (κ2) is 7.56. The molecular weight excluding hydrogens is 439 g/mol. The number of carbonyl (C=O) groups excluding carboxylic acids is 1. The van der Waals surface area contributed by atoms with Crippen molar-refractivity contribution in [2.45, 2.75) is 23.1 Å². The van der Waals surface area contributed by atoms with E-state index in [1.165, 1.54) is 36.2 Å². The van der Waals surface area contributed by atoms with Gasteiger partial charge in [-0.15, -0.1) is 11.8 Å². The molecule has 4 rings (SSSR count). The van der Waals surface area contributed by atoms with Crippen molar-refractivity contribution in [3.05, 3.63) is 70.2 Å². The SMILES string of the molecule is CO[C@](C(=O)OC[C@@]12[C@@H](c3ccco3)SC[C@@H]1[C@H]2[N+](=O)[O-])(c1ccccc1)C(F)(F)F. The van der Waals surface area contributed by atoms with Crippen molar-refractivity contribution in [1.29, 1.82) is 0 Å². The zero-order valence-corrected chi connectivity index (χ0v) is 17.0. The Hall–Kier alpha value is -2.53. The summed E-state index contributed by atoms with van der Waals surface area (Å²) < 4.78 is 57.5. The summed E-state index contributed by atoms with van der Waals surface area (Å²) in [6.45, 7) is -0.547. The van der Waals surface area contributed by atoms with E-state index < -0.39 is 57.5 Å². The zero-order valence-electron chi connectivity index (χ0n) is 16.2. The van der Waals surface area contributed by atoms with Crippen molar-refractivity contribution >= 4 is 17.7 Å². The van der Waals surface area contributed by atoms with E-state index in [4.69, 9.17) is 13.9 Å². The summed E-state index contributed by atoms with van der Waals surface area (Å²) in [7, 11) is 0.775. The van der Waals surface area contributed by atoms with Crippen LogP contribution >= 0.6 is 11.8 Å². The van der Waals surface area contributed by atoms with E-state index in [2.05, 4.69) is 0 Å². The highest BCUT2D eigenvalue weighted by atomic mass is 32.2. The number of thioether (sulfide) groups is 1. The lowest BCUT2D eigenvalue weighted by atomic mass is 9.92. The van der Waals surface area contributed by atoms with Crippen molar-refractivity contribution in [3.8, 4) is 0 Å². The first-order valence-electron chi connectivity index (χ1n) is 9.33. The minimum Gasteiger partial charge on any atom is -0.468 e. The molecular formula is C20H18F3NO6S. The maximum atomic E-state index is 14.1. The van der Waals surface area contributed by atoms with E-state index in [1.54, 1.807) is 12.1 Å². The van der Waals surface area contributed by atoms with Crippen LogP contribution in [0.15, 0.2) is 53.1 Å². The Balaban J connectivity index is 1.65. The van der Waals surface area contributed by atoms with Crippen molar-refractivity contribution < 1.29 is 36.8 Å². The van der Waals surface area contributed by atoms with Crippen LogP contribution in [-0.2, 0) is 19.9 Å². The minimum atomic E-state index is -5.12. The van der Waals surface area contributed by atoms with Crippen LogP contribution in [0.5, 0.6) is 0 Å². The van der Waals surface area contributed by atoms with Gasteiger partial charge in [0, 0.05) is 23.3 Å². The van der Waals surface area contributed by atoms with Gasteiger partial charge in [0.25, 0.3) is 5.60 Å². The molecule has 5 atom stereocenters. The summed E-state index contributed by atoms with van der Waals surface area (Å²) >= 11 is 1.40. The maximum Gasteiger partial charge on any atom is 0.432 e. The molecule has 166 valence electrons. The Morgan fingerprint density at radius 3 is 2.52 bits per heavy atom. The van der Waals surface area contributed by atoms with Crippen LogP contribution in [-0.4, -0.2) is 42.6 Å². The molecule has 2 aromatic rings. The molecule has 0 radical (unpaired) electrons. The zero-order chi connectivity index (χ0) is 22.4. The molecule has 7 nitrogen and oxygen atoms in total. The Kier molecular flexibility index (Phi) is 5.29. The Bertz CT molecular complexity index is 969. The lowest BCUT2D eigenvalue weighted by Gasteiger charge is -2.33. The molecule has 0 N–H and O–H groups in total. The van der Waals surface area contributed by atoms with Gasteiger partial charge in [0.05, 0.1) is 17.4 Å². The first-order valence-corrected chi connectivity index (χ1v) is 10.4. The van der Waals surface area contributed by atoms with Gasteiger partial charge in [0.2, 0.25) is 6.04 Å². The molecule has 1 saturated carbocycles. The van der Waals surface area contributed by atoms with Gasteiger partial charge in [-0.1, -0.05) is 30.3 Å². The molecule has 0 unspecified atom stereocenters. The summed E-state index contributed by atoms with van der Waals surface area (Å²) in [5.41, 5.74) is -4.91. The Morgan fingerprint density at radius 1 is 1.29 bits per heavy atom. The fraction of sp³-hybridized carbons (Fsp3) is 0.450. The molecule has 1 aromatic carbocycles. The number of carbonyl (C=O) groups is 1. The standard InChI is InChI=1S/C20H18F3NO6S/c1-28-19(20(21,22)23,12-6-3-2-4-7-12)17(25)30-11-18-13(15(18)24(26)27)10-31-16(18)14-8-5-9-29-14/h2-9,13,15-16H,10-11H2,1H3/t13-,15-,16-,18-,19+/m1/s1. The number of furan rings is 1. The van der Waals surface area contributed by atoms with Gasteiger partial charge < -0.3 is 13.9 Å². The number of benzene rings is 1. The van der Waals surface area contributed by atoms with Gasteiger partial charge in [-0.3, -0.25) is 10.1 Å². The van der Waals surface area contributed by atoms with Crippen LogP contribution in [0.4, 0.5) is 13.2 Å². The van der Waals surface area contributed by atoms with E-state index >= 15 is 0 Å². The number of nitro groups is 1. The van der Waals surface area contributed by atoms with Crippen molar-refractivity contribution in [1.82, 2.24) is 0 Å². The number of hydrogen-bond acceptors (Lipinski definition) is 7. The highest BCUT2D eigenvalue weighted by Crippen LogP contribution is 2.72. The molecule has 11 heteroatoms. The number of esters is 1. The molecule has 2 aliphatic rings. The fourth-order valence-corrected chi connectivity index (χ4v) is 6.43. The third-order valence-corrected chi connectivity index (χ3v) is 7.65. The number of halogens is 3. The summed E-state index contributed by atoms with van der Waals surface area (Å²) in [6.07, 6.45) is -3.70. The predicted octanol–water partition coefficient (Wildman–Crippen LogP) is 3.98. The van der Waals surface area contributed by atoms with E-state index in [0.29, 0.717) is 11.5 Å². The number of methoxy groups -OCH3 is 1.